The number of hydrogen-bond acceptors (Lipinski definition) is 6. The van der Waals surface area contributed by atoms with Crippen molar-refractivity contribution in [3.05, 3.63) is 59.0 Å². The molecule has 8 nitrogen and oxygen atoms in total. The molecule has 0 spiro atoms. The molecule has 1 aliphatic heterocycles. The summed E-state index contributed by atoms with van der Waals surface area (Å²) in [4.78, 5) is 14.2. The van der Waals surface area contributed by atoms with Gasteiger partial charge in [0.15, 0.2) is 0 Å². The number of carbonyl (C=O) groups excluding carboxylic acids is 1. The maximum Gasteiger partial charge on any atom is 0.227 e. The summed E-state index contributed by atoms with van der Waals surface area (Å²) in [5, 5.41) is 12.1. The van der Waals surface area contributed by atoms with E-state index in [-0.39, 0.29) is 24.4 Å². The van der Waals surface area contributed by atoms with Crippen LogP contribution in [0.2, 0.25) is 0 Å². The Morgan fingerprint density at radius 3 is 2.71 bits per heavy atom. The number of likely N-dealkylation sites (tertiary alicyclic amines) is 1. The third-order valence-corrected chi connectivity index (χ3v) is 4.86. The monoisotopic (exact) mass is 385 g/mol. The van der Waals surface area contributed by atoms with Crippen LogP contribution >= 0.6 is 0 Å². The predicted octanol–water partition coefficient (Wildman–Crippen LogP) is 2.23. The van der Waals surface area contributed by atoms with Crippen molar-refractivity contribution in [1.29, 1.82) is 0 Å². The van der Waals surface area contributed by atoms with Crippen LogP contribution in [-0.2, 0) is 17.8 Å². The smallest absolute Gasteiger partial charge is 0.227 e. The van der Waals surface area contributed by atoms with E-state index < -0.39 is 0 Å². The van der Waals surface area contributed by atoms with E-state index in [9.17, 15) is 9.18 Å². The Balaban J connectivity index is 1.28. The van der Waals surface area contributed by atoms with Crippen molar-refractivity contribution in [2.75, 3.05) is 13.1 Å². The summed E-state index contributed by atoms with van der Waals surface area (Å²) in [5.41, 5.74) is 2.28. The summed E-state index contributed by atoms with van der Waals surface area (Å²) in [7, 11) is 0. The van der Waals surface area contributed by atoms with Crippen LogP contribution in [0.4, 0.5) is 4.39 Å². The van der Waals surface area contributed by atoms with Crippen LogP contribution in [0.5, 0.6) is 5.75 Å². The molecule has 1 saturated heterocycles. The van der Waals surface area contributed by atoms with Gasteiger partial charge in [-0.2, -0.15) is 0 Å². The van der Waals surface area contributed by atoms with E-state index in [0.717, 1.165) is 11.3 Å². The lowest BCUT2D eigenvalue weighted by Gasteiger charge is -2.38. The molecule has 1 aromatic carbocycles. The molecule has 0 radical (unpaired) electrons. The molecule has 0 bridgehead atoms. The van der Waals surface area contributed by atoms with E-state index in [1.165, 1.54) is 12.1 Å². The number of ether oxygens (including phenoxy) is 1. The van der Waals surface area contributed by atoms with E-state index >= 15 is 0 Å². The summed E-state index contributed by atoms with van der Waals surface area (Å²) in [6.45, 7) is 5.07. The maximum absolute atomic E-state index is 12.9. The first-order valence-corrected chi connectivity index (χ1v) is 8.98. The van der Waals surface area contributed by atoms with E-state index in [4.69, 9.17) is 9.26 Å². The molecule has 0 N–H and O–H groups in total. The van der Waals surface area contributed by atoms with E-state index in [1.54, 1.807) is 21.7 Å². The van der Waals surface area contributed by atoms with E-state index in [0.29, 0.717) is 36.7 Å². The summed E-state index contributed by atoms with van der Waals surface area (Å²) >= 11 is 0. The Bertz CT molecular complexity index is 956. The van der Waals surface area contributed by atoms with Gasteiger partial charge in [0.25, 0.3) is 0 Å². The first-order chi connectivity index (χ1) is 13.5. The van der Waals surface area contributed by atoms with Crippen LogP contribution in [0.3, 0.4) is 0 Å². The highest BCUT2D eigenvalue weighted by Crippen LogP contribution is 2.23. The van der Waals surface area contributed by atoms with E-state index in [2.05, 4.69) is 15.5 Å². The molecule has 28 heavy (non-hydrogen) atoms. The molecule has 0 atom stereocenters. The van der Waals surface area contributed by atoms with Gasteiger partial charge in [0, 0.05) is 18.7 Å². The fourth-order valence-corrected chi connectivity index (χ4v) is 3.09. The first-order valence-electron chi connectivity index (χ1n) is 8.98. The Kier molecular flexibility index (Phi) is 4.81. The number of rotatable bonds is 6. The summed E-state index contributed by atoms with van der Waals surface area (Å²) in [6, 6.07) is 5.91. The third kappa shape index (κ3) is 3.73. The molecule has 1 aliphatic rings. The molecule has 3 heterocycles. The Morgan fingerprint density at radius 2 is 2.04 bits per heavy atom. The van der Waals surface area contributed by atoms with Crippen molar-refractivity contribution in [1.82, 2.24) is 25.1 Å². The average Bonchev–Trinajstić information content (AvgIpc) is 3.22. The normalized spacial score (nSPS) is 14.2. The summed E-state index contributed by atoms with van der Waals surface area (Å²) < 4.78 is 25.3. The van der Waals surface area contributed by atoms with Crippen molar-refractivity contribution in [2.24, 2.45) is 0 Å². The molecule has 9 heteroatoms. The third-order valence-electron chi connectivity index (χ3n) is 4.86. The number of amides is 1. The summed E-state index contributed by atoms with van der Waals surface area (Å²) in [5.74, 6) is 0.989. The topological polar surface area (TPSA) is 86.3 Å². The van der Waals surface area contributed by atoms with Crippen molar-refractivity contribution in [2.45, 2.75) is 32.9 Å². The van der Waals surface area contributed by atoms with Gasteiger partial charge in [-0.15, -0.1) is 5.10 Å². The fourth-order valence-electron chi connectivity index (χ4n) is 3.09. The predicted molar refractivity (Wildman–Crippen MR) is 96.1 cm³/mol. The second-order valence-electron chi connectivity index (χ2n) is 6.86. The van der Waals surface area contributed by atoms with Crippen LogP contribution in [0, 0.1) is 19.7 Å². The van der Waals surface area contributed by atoms with Crippen LogP contribution in [0.1, 0.15) is 28.8 Å². The van der Waals surface area contributed by atoms with E-state index in [1.807, 2.05) is 20.0 Å². The van der Waals surface area contributed by atoms with Gasteiger partial charge in [-0.05, 0) is 38.1 Å². The molecule has 2 aromatic heterocycles. The Labute approximate surface area is 160 Å². The van der Waals surface area contributed by atoms with Crippen molar-refractivity contribution in [3.8, 4) is 5.75 Å². The van der Waals surface area contributed by atoms with Gasteiger partial charge in [0.2, 0.25) is 5.91 Å². The quantitative estimate of drug-likeness (QED) is 0.647. The minimum atomic E-state index is -0.309. The molecule has 1 fully saturated rings. The molecular weight excluding hydrogens is 365 g/mol. The van der Waals surface area contributed by atoms with Gasteiger partial charge in [-0.25, -0.2) is 9.07 Å². The van der Waals surface area contributed by atoms with Gasteiger partial charge in [0.1, 0.15) is 29.6 Å². The zero-order valence-electron chi connectivity index (χ0n) is 15.6. The highest BCUT2D eigenvalue weighted by molar-refractivity contribution is 5.80. The zero-order valence-corrected chi connectivity index (χ0v) is 15.6. The van der Waals surface area contributed by atoms with Gasteiger partial charge < -0.3 is 14.2 Å². The van der Waals surface area contributed by atoms with Gasteiger partial charge >= 0.3 is 0 Å². The van der Waals surface area contributed by atoms with Crippen LogP contribution in [-0.4, -0.2) is 44.0 Å². The highest BCUT2D eigenvalue weighted by Gasteiger charge is 2.33. The molecule has 0 aliphatic carbocycles. The van der Waals surface area contributed by atoms with Crippen molar-refractivity contribution >= 4 is 5.91 Å². The van der Waals surface area contributed by atoms with Crippen LogP contribution < -0.4 is 4.74 Å². The van der Waals surface area contributed by atoms with Crippen LogP contribution in [0.15, 0.2) is 35.0 Å². The van der Waals surface area contributed by atoms with Gasteiger partial charge in [0.05, 0.1) is 24.4 Å². The van der Waals surface area contributed by atoms with Crippen molar-refractivity contribution in [3.63, 3.8) is 0 Å². The van der Waals surface area contributed by atoms with Crippen molar-refractivity contribution < 1.29 is 18.4 Å². The number of benzene rings is 1. The molecule has 4 rings (SSSR count). The highest BCUT2D eigenvalue weighted by atomic mass is 19.1. The Hall–Kier alpha value is -3.23. The number of halogens is 1. The van der Waals surface area contributed by atoms with Crippen LogP contribution in [0.25, 0.3) is 0 Å². The second-order valence-corrected chi connectivity index (χ2v) is 6.86. The number of aryl methyl sites for hydroxylation is 2. The largest absolute Gasteiger partial charge is 0.487 e. The number of hydrogen-bond donors (Lipinski definition) is 0. The number of aromatic nitrogens is 4. The molecule has 1 amide bonds. The second kappa shape index (κ2) is 7.41. The lowest BCUT2D eigenvalue weighted by atomic mass is 10.1. The SMILES string of the molecule is Cc1noc(C)c1CC(=O)N1CC(n2cc(COc3ccc(F)cc3)nn2)C1. The lowest BCUT2D eigenvalue weighted by molar-refractivity contribution is -0.136. The molecule has 0 saturated carbocycles. The minimum absolute atomic E-state index is 0.0469. The first kappa shape index (κ1) is 18.1. The number of carbonyl (C=O) groups is 1. The molecule has 146 valence electrons. The average molecular weight is 385 g/mol. The minimum Gasteiger partial charge on any atom is -0.487 e. The maximum atomic E-state index is 12.9. The molecule has 0 unspecified atom stereocenters. The zero-order chi connectivity index (χ0) is 19.7. The summed E-state index contributed by atoms with van der Waals surface area (Å²) in [6.07, 6.45) is 2.10. The fraction of sp³-hybridized carbons (Fsp3) is 0.368. The standard InChI is InChI=1S/C19H20FN5O3/c1-12-18(13(2)28-22-12)7-19(26)24-9-16(10-24)25-8-15(21-23-25)11-27-17-5-3-14(20)4-6-17/h3-6,8,16H,7,9-11H2,1-2H3. The van der Waals surface area contributed by atoms with Gasteiger partial charge in [-0.3, -0.25) is 4.79 Å². The number of nitrogens with zero attached hydrogens (tertiary/aromatic N) is 5. The van der Waals surface area contributed by atoms with Gasteiger partial charge in [-0.1, -0.05) is 10.4 Å². The molecule has 3 aromatic rings. The molecular formula is C19H20FN5O3. The Morgan fingerprint density at radius 1 is 1.29 bits per heavy atom. The lowest BCUT2D eigenvalue weighted by Crippen LogP contribution is -2.51.